The van der Waals surface area contributed by atoms with E-state index in [-0.39, 0.29) is 30.0 Å². The molecule has 10 heteroatoms. The second-order valence-corrected chi connectivity index (χ2v) is 12.0. The third-order valence-electron chi connectivity index (χ3n) is 9.43. The fraction of sp³-hybridized carbons (Fsp3) is 0.516. The van der Waals surface area contributed by atoms with Gasteiger partial charge in [0.2, 0.25) is 11.8 Å². The maximum Gasteiger partial charge on any atom is 0.265 e. The van der Waals surface area contributed by atoms with Gasteiger partial charge in [0, 0.05) is 57.3 Å². The van der Waals surface area contributed by atoms with Crippen LogP contribution in [0.2, 0.25) is 0 Å². The third-order valence-corrected chi connectivity index (χ3v) is 9.43. The fourth-order valence-electron chi connectivity index (χ4n) is 6.93. The van der Waals surface area contributed by atoms with E-state index in [0.29, 0.717) is 40.4 Å². The van der Waals surface area contributed by atoms with E-state index < -0.39 is 5.92 Å². The van der Waals surface area contributed by atoms with Gasteiger partial charge in [0.1, 0.15) is 11.6 Å². The molecule has 4 aliphatic heterocycles. The van der Waals surface area contributed by atoms with Crippen molar-refractivity contribution >= 4 is 23.4 Å². The van der Waals surface area contributed by atoms with Crippen LogP contribution in [0, 0.1) is 11.2 Å². The number of nitrogens with zero attached hydrogens (tertiary/aromatic N) is 3. The van der Waals surface area contributed by atoms with Gasteiger partial charge in [0.25, 0.3) is 5.91 Å². The number of methoxy groups -OCH3 is 1. The van der Waals surface area contributed by atoms with Gasteiger partial charge in [0.15, 0.2) is 0 Å². The maximum atomic E-state index is 15.1. The van der Waals surface area contributed by atoms with Gasteiger partial charge in [-0.1, -0.05) is 12.1 Å². The lowest BCUT2D eigenvalue weighted by molar-refractivity contribution is -0.134. The summed E-state index contributed by atoms with van der Waals surface area (Å²) in [5.41, 5.74) is 5.16. The van der Waals surface area contributed by atoms with Crippen molar-refractivity contribution in [3.05, 3.63) is 59.4 Å². The van der Waals surface area contributed by atoms with Gasteiger partial charge in [-0.3, -0.25) is 30.0 Å². The standard InChI is InChI=1S/C31H38FN5O4/c1-41-24-4-2-3-22(17-24)29(39)34-37-13-9-23(10-14-37)36-19-31(20-36)11-15-35(16-12-31)27-7-5-21(18-26(27)32)25-6-8-28(38)33-30(25)40/h2-5,7,17-18,23,25H,6,8-16,19-20H2,1H3,(H,34,39)(H,33,38,40). The molecule has 218 valence electrons. The second-order valence-electron chi connectivity index (χ2n) is 12.0. The predicted octanol–water partition coefficient (Wildman–Crippen LogP) is 3.07. The molecule has 0 bridgehead atoms. The molecule has 0 saturated carbocycles. The van der Waals surface area contributed by atoms with Crippen molar-refractivity contribution in [1.29, 1.82) is 0 Å². The largest absolute Gasteiger partial charge is 0.497 e. The molecule has 1 unspecified atom stereocenters. The third kappa shape index (κ3) is 5.81. The number of halogens is 1. The second kappa shape index (κ2) is 11.4. The van der Waals surface area contributed by atoms with E-state index >= 15 is 4.39 Å². The summed E-state index contributed by atoms with van der Waals surface area (Å²) in [6, 6.07) is 12.8. The first-order valence-electron chi connectivity index (χ1n) is 14.6. The number of hydrogen-bond acceptors (Lipinski definition) is 7. The summed E-state index contributed by atoms with van der Waals surface area (Å²) in [6.45, 7) is 5.45. The summed E-state index contributed by atoms with van der Waals surface area (Å²) < 4.78 is 20.4. The quantitative estimate of drug-likeness (QED) is 0.522. The summed E-state index contributed by atoms with van der Waals surface area (Å²) in [5, 5.41) is 4.38. The molecule has 4 fully saturated rings. The average molecular weight is 564 g/mol. The van der Waals surface area contributed by atoms with Gasteiger partial charge < -0.3 is 9.64 Å². The molecule has 4 saturated heterocycles. The molecule has 0 aliphatic carbocycles. The SMILES string of the molecule is COc1cccc(C(=O)NN2CCC(N3CC4(CCN(c5ccc(C6CCC(=O)NC6=O)cc5F)CC4)C3)CC2)c1. The first-order valence-corrected chi connectivity index (χ1v) is 14.6. The Bertz CT molecular complexity index is 1310. The minimum atomic E-state index is -0.474. The first-order chi connectivity index (χ1) is 19.8. The summed E-state index contributed by atoms with van der Waals surface area (Å²) in [7, 11) is 1.59. The number of anilines is 1. The van der Waals surface area contributed by atoms with Crippen molar-refractivity contribution in [1.82, 2.24) is 20.7 Å². The van der Waals surface area contributed by atoms with Gasteiger partial charge in [-0.15, -0.1) is 0 Å². The number of nitrogens with one attached hydrogen (secondary N) is 2. The first kappa shape index (κ1) is 27.7. The van der Waals surface area contributed by atoms with Gasteiger partial charge in [-0.05, 0) is 73.4 Å². The van der Waals surface area contributed by atoms with E-state index in [0.717, 1.165) is 65.0 Å². The Hall–Kier alpha value is -3.50. The molecule has 1 spiro atoms. The molecule has 0 radical (unpaired) electrons. The number of hydrazine groups is 1. The van der Waals surface area contributed by atoms with Crippen LogP contribution in [-0.4, -0.2) is 80.1 Å². The van der Waals surface area contributed by atoms with Crippen molar-refractivity contribution in [2.24, 2.45) is 5.41 Å². The molecule has 9 nitrogen and oxygen atoms in total. The highest BCUT2D eigenvalue weighted by molar-refractivity contribution is 6.01. The Balaban J connectivity index is 0.955. The molecule has 41 heavy (non-hydrogen) atoms. The van der Waals surface area contributed by atoms with E-state index in [2.05, 4.69) is 20.5 Å². The lowest BCUT2D eigenvalue weighted by atomic mass is 9.71. The molecule has 4 aliphatic rings. The molecule has 2 aromatic rings. The molecule has 2 aromatic carbocycles. The Morgan fingerprint density at radius 3 is 2.46 bits per heavy atom. The topological polar surface area (TPSA) is 94.2 Å². The minimum Gasteiger partial charge on any atom is -0.497 e. The van der Waals surface area contributed by atoms with Crippen LogP contribution < -0.4 is 20.4 Å². The zero-order valence-corrected chi connectivity index (χ0v) is 23.5. The number of benzene rings is 2. The van der Waals surface area contributed by atoms with E-state index in [1.54, 1.807) is 25.3 Å². The molecular formula is C31H38FN5O4. The average Bonchev–Trinajstić information content (AvgIpc) is 2.96. The summed E-state index contributed by atoms with van der Waals surface area (Å²) in [4.78, 5) is 41.0. The number of carbonyl (C=O) groups excluding carboxylic acids is 3. The number of imide groups is 1. The number of rotatable bonds is 6. The van der Waals surface area contributed by atoms with Crippen LogP contribution in [0.1, 0.15) is 60.4 Å². The monoisotopic (exact) mass is 563 g/mol. The molecule has 6 rings (SSSR count). The Labute approximate surface area is 240 Å². The number of ether oxygens (including phenoxy) is 1. The van der Waals surface area contributed by atoms with Crippen LogP contribution in [0.4, 0.5) is 10.1 Å². The minimum absolute atomic E-state index is 0.112. The normalized spacial score (nSPS) is 23.7. The summed E-state index contributed by atoms with van der Waals surface area (Å²) in [6.07, 6.45) is 4.81. The number of likely N-dealkylation sites (tertiary alicyclic amines) is 1. The number of hydrogen-bond donors (Lipinski definition) is 2. The lowest BCUT2D eigenvalue weighted by Gasteiger charge is -2.57. The van der Waals surface area contributed by atoms with Crippen LogP contribution in [0.3, 0.4) is 0 Å². The number of piperidine rings is 3. The summed E-state index contributed by atoms with van der Waals surface area (Å²) >= 11 is 0. The van der Waals surface area contributed by atoms with Crippen LogP contribution >= 0.6 is 0 Å². The zero-order chi connectivity index (χ0) is 28.6. The maximum absolute atomic E-state index is 15.1. The lowest BCUT2D eigenvalue weighted by Crippen LogP contribution is -2.64. The molecule has 2 N–H and O–H groups in total. The molecule has 0 aromatic heterocycles. The molecule has 3 amide bonds. The predicted molar refractivity (Wildman–Crippen MR) is 152 cm³/mol. The summed E-state index contributed by atoms with van der Waals surface area (Å²) in [5.74, 6) is -0.825. The van der Waals surface area contributed by atoms with Crippen molar-refractivity contribution in [2.75, 3.05) is 51.3 Å². The number of amides is 3. The fourth-order valence-corrected chi connectivity index (χ4v) is 6.93. The van der Waals surface area contributed by atoms with Crippen LogP contribution in [0.15, 0.2) is 42.5 Å². The van der Waals surface area contributed by atoms with E-state index in [4.69, 9.17) is 4.74 Å². The Morgan fingerprint density at radius 1 is 1.02 bits per heavy atom. The van der Waals surface area contributed by atoms with Crippen molar-refractivity contribution in [3.63, 3.8) is 0 Å². The van der Waals surface area contributed by atoms with Gasteiger partial charge in [0.05, 0.1) is 18.7 Å². The highest BCUT2D eigenvalue weighted by Gasteiger charge is 2.47. The highest BCUT2D eigenvalue weighted by atomic mass is 19.1. The van der Waals surface area contributed by atoms with Gasteiger partial charge in [-0.25, -0.2) is 9.40 Å². The van der Waals surface area contributed by atoms with Gasteiger partial charge in [-0.2, -0.15) is 0 Å². The van der Waals surface area contributed by atoms with E-state index in [1.807, 2.05) is 23.2 Å². The highest BCUT2D eigenvalue weighted by Crippen LogP contribution is 2.44. The van der Waals surface area contributed by atoms with Crippen molar-refractivity contribution in [2.45, 2.75) is 50.5 Å². The van der Waals surface area contributed by atoms with Crippen LogP contribution in [-0.2, 0) is 9.59 Å². The van der Waals surface area contributed by atoms with Crippen LogP contribution in [0.5, 0.6) is 5.75 Å². The van der Waals surface area contributed by atoms with Gasteiger partial charge >= 0.3 is 0 Å². The Kier molecular flexibility index (Phi) is 7.70. The van der Waals surface area contributed by atoms with E-state index in [9.17, 15) is 14.4 Å². The molecule has 4 heterocycles. The Morgan fingerprint density at radius 2 is 1.78 bits per heavy atom. The van der Waals surface area contributed by atoms with Crippen molar-refractivity contribution < 1.29 is 23.5 Å². The van der Waals surface area contributed by atoms with E-state index in [1.165, 1.54) is 6.07 Å². The molecule has 1 atom stereocenters. The molecular weight excluding hydrogens is 525 g/mol. The zero-order valence-electron chi connectivity index (χ0n) is 23.5. The van der Waals surface area contributed by atoms with Crippen LogP contribution in [0.25, 0.3) is 0 Å². The van der Waals surface area contributed by atoms with Crippen molar-refractivity contribution in [3.8, 4) is 5.75 Å². The smallest absolute Gasteiger partial charge is 0.265 e. The number of carbonyl (C=O) groups is 3.